The Morgan fingerprint density at radius 3 is 2.09 bits per heavy atom. The highest BCUT2D eigenvalue weighted by atomic mass is 19.4. The summed E-state index contributed by atoms with van der Waals surface area (Å²) in [5.41, 5.74) is -1.98. The molecule has 0 heterocycles. The molecular weight excluding hydrogens is 442 g/mol. The third-order valence-corrected chi connectivity index (χ3v) is 4.22. The maximum atomic E-state index is 13.1. The van der Waals surface area contributed by atoms with Crippen molar-refractivity contribution >= 4 is 17.6 Å². The summed E-state index contributed by atoms with van der Waals surface area (Å²) in [6.45, 7) is 0.650. The Kier molecular flexibility index (Phi) is 8.25. The van der Waals surface area contributed by atoms with Gasteiger partial charge in [0.1, 0.15) is 0 Å². The molecule has 2 aromatic rings. The molecule has 1 amide bonds. The van der Waals surface area contributed by atoms with E-state index < -0.39 is 47.6 Å². The summed E-state index contributed by atoms with van der Waals surface area (Å²) < 4.78 is 82.4. The Morgan fingerprint density at radius 1 is 0.906 bits per heavy atom. The highest BCUT2D eigenvalue weighted by Gasteiger charge is 2.34. The van der Waals surface area contributed by atoms with Crippen LogP contribution in [-0.4, -0.2) is 36.5 Å². The average Bonchev–Trinajstić information content (AvgIpc) is 2.67. The van der Waals surface area contributed by atoms with Crippen molar-refractivity contribution < 1.29 is 40.7 Å². The van der Waals surface area contributed by atoms with Crippen LogP contribution in [0.2, 0.25) is 0 Å². The van der Waals surface area contributed by atoms with Gasteiger partial charge in [0.2, 0.25) is 5.91 Å². The summed E-state index contributed by atoms with van der Waals surface area (Å²) in [6, 6.07) is 8.50. The second kappa shape index (κ2) is 10.5. The smallest absolute Gasteiger partial charge is 0.418 e. The fraction of sp³-hybridized carbons (Fsp3) is 0.333. The third kappa shape index (κ3) is 7.56. The zero-order chi connectivity index (χ0) is 23.9. The Bertz CT molecular complexity index is 926. The Balaban J connectivity index is 2.15. The molecule has 11 heteroatoms. The van der Waals surface area contributed by atoms with E-state index in [4.69, 9.17) is 4.74 Å². The first-order valence-corrected chi connectivity index (χ1v) is 9.40. The quantitative estimate of drug-likeness (QED) is 0.455. The number of ether oxygens (including phenoxy) is 1. The molecule has 0 saturated carbocycles. The molecule has 0 atom stereocenters. The molecule has 0 aliphatic carbocycles. The van der Waals surface area contributed by atoms with Gasteiger partial charge in [-0.2, -0.15) is 26.3 Å². The molecule has 0 radical (unpaired) electrons. The van der Waals surface area contributed by atoms with Gasteiger partial charge in [-0.25, -0.2) is 0 Å². The highest BCUT2D eigenvalue weighted by Crippen LogP contribution is 2.34. The lowest BCUT2D eigenvalue weighted by molar-refractivity contribution is -0.144. The number of carbonyl (C=O) groups excluding carboxylic acids is 2. The first-order chi connectivity index (χ1) is 14.9. The zero-order valence-electron chi connectivity index (χ0n) is 16.9. The van der Waals surface area contributed by atoms with Crippen LogP contribution in [0.25, 0.3) is 0 Å². The van der Waals surface area contributed by atoms with Gasteiger partial charge in [-0.1, -0.05) is 24.3 Å². The Hall–Kier alpha value is -3.08. The first kappa shape index (κ1) is 25.2. The molecule has 0 bridgehead atoms. The fourth-order valence-electron chi connectivity index (χ4n) is 2.85. The van der Waals surface area contributed by atoms with Gasteiger partial charge >= 0.3 is 18.3 Å². The predicted octanol–water partition coefficient (Wildman–Crippen LogP) is 4.73. The number of nitrogens with one attached hydrogen (secondary N) is 1. The second-order valence-electron chi connectivity index (χ2n) is 6.74. The van der Waals surface area contributed by atoms with Gasteiger partial charge in [0.15, 0.2) is 0 Å². The summed E-state index contributed by atoms with van der Waals surface area (Å²) in [6.07, 6.45) is -9.20. The van der Waals surface area contributed by atoms with Crippen molar-refractivity contribution in [3.63, 3.8) is 0 Å². The van der Waals surface area contributed by atoms with Crippen molar-refractivity contribution in [3.8, 4) is 0 Å². The van der Waals surface area contributed by atoms with E-state index in [1.165, 1.54) is 29.2 Å². The SMILES string of the molecule is CCOC(=O)CN(CC(=O)Nc1ccccc1C(F)(F)F)Cc1ccc(C(F)(F)F)cc1. The van der Waals surface area contributed by atoms with Crippen LogP contribution in [0.1, 0.15) is 23.6 Å². The number of carbonyl (C=O) groups is 2. The lowest BCUT2D eigenvalue weighted by Gasteiger charge is -2.22. The van der Waals surface area contributed by atoms with Crippen LogP contribution in [0, 0.1) is 0 Å². The minimum Gasteiger partial charge on any atom is -0.465 e. The number of para-hydroxylation sites is 1. The van der Waals surface area contributed by atoms with Gasteiger partial charge in [0.05, 0.1) is 36.5 Å². The molecule has 0 fully saturated rings. The molecule has 0 aliphatic heterocycles. The van der Waals surface area contributed by atoms with Gasteiger partial charge in [0, 0.05) is 6.54 Å². The van der Waals surface area contributed by atoms with Crippen molar-refractivity contribution in [1.29, 1.82) is 0 Å². The van der Waals surface area contributed by atoms with Gasteiger partial charge in [-0.15, -0.1) is 0 Å². The predicted molar refractivity (Wildman–Crippen MR) is 103 cm³/mol. The van der Waals surface area contributed by atoms with Crippen LogP contribution in [0.3, 0.4) is 0 Å². The molecule has 2 aromatic carbocycles. The van der Waals surface area contributed by atoms with Crippen LogP contribution in [0.15, 0.2) is 48.5 Å². The van der Waals surface area contributed by atoms with E-state index in [1.807, 2.05) is 0 Å². The number of benzene rings is 2. The molecule has 174 valence electrons. The van der Waals surface area contributed by atoms with Crippen molar-refractivity contribution in [2.75, 3.05) is 25.0 Å². The normalized spacial score (nSPS) is 12.0. The summed E-state index contributed by atoms with van der Waals surface area (Å²) in [5.74, 6) is -1.53. The molecular formula is C21H20F6N2O3. The topological polar surface area (TPSA) is 58.6 Å². The van der Waals surface area contributed by atoms with E-state index in [9.17, 15) is 35.9 Å². The molecule has 0 unspecified atom stereocenters. The van der Waals surface area contributed by atoms with Crippen molar-refractivity contribution in [3.05, 3.63) is 65.2 Å². The highest BCUT2D eigenvalue weighted by molar-refractivity contribution is 5.93. The van der Waals surface area contributed by atoms with Gasteiger partial charge in [-0.3, -0.25) is 14.5 Å². The largest absolute Gasteiger partial charge is 0.465 e. The molecule has 0 aliphatic rings. The minimum absolute atomic E-state index is 0.0676. The number of anilines is 1. The van der Waals surface area contributed by atoms with Crippen molar-refractivity contribution in [1.82, 2.24) is 4.90 Å². The lowest BCUT2D eigenvalue weighted by atomic mass is 10.1. The Labute approximate surface area is 180 Å². The number of alkyl halides is 6. The molecule has 2 rings (SSSR count). The van der Waals surface area contributed by atoms with Crippen LogP contribution in [0.4, 0.5) is 32.0 Å². The van der Waals surface area contributed by atoms with E-state index in [0.29, 0.717) is 5.56 Å². The first-order valence-electron chi connectivity index (χ1n) is 9.40. The standard InChI is InChI=1S/C21H20F6N2O3/c1-2-32-19(31)13-29(11-14-7-9-15(10-8-14)20(22,23)24)12-18(30)28-17-6-4-3-5-16(17)21(25,26)27/h3-10H,2,11-13H2,1H3,(H,28,30). The minimum atomic E-state index is -4.69. The third-order valence-electron chi connectivity index (χ3n) is 4.22. The molecule has 0 spiro atoms. The number of amides is 1. The van der Waals surface area contributed by atoms with Gasteiger partial charge < -0.3 is 10.1 Å². The van der Waals surface area contributed by atoms with E-state index in [-0.39, 0.29) is 19.7 Å². The second-order valence-corrected chi connectivity index (χ2v) is 6.74. The lowest BCUT2D eigenvalue weighted by Crippen LogP contribution is -2.37. The van der Waals surface area contributed by atoms with Crippen LogP contribution < -0.4 is 5.32 Å². The summed E-state index contributed by atoms with van der Waals surface area (Å²) in [7, 11) is 0. The zero-order valence-corrected chi connectivity index (χ0v) is 16.9. The molecule has 5 nitrogen and oxygen atoms in total. The van der Waals surface area contributed by atoms with Crippen molar-refractivity contribution in [2.24, 2.45) is 0 Å². The summed E-state index contributed by atoms with van der Waals surface area (Å²) in [5, 5.41) is 2.17. The molecule has 1 N–H and O–H groups in total. The number of esters is 1. The van der Waals surface area contributed by atoms with Gasteiger partial charge in [0.25, 0.3) is 0 Å². The monoisotopic (exact) mass is 462 g/mol. The molecule has 32 heavy (non-hydrogen) atoms. The molecule has 0 saturated heterocycles. The number of hydrogen-bond donors (Lipinski definition) is 1. The molecule has 0 aromatic heterocycles. The van der Waals surface area contributed by atoms with Crippen molar-refractivity contribution in [2.45, 2.75) is 25.8 Å². The van der Waals surface area contributed by atoms with Gasteiger partial charge in [-0.05, 0) is 36.8 Å². The maximum Gasteiger partial charge on any atom is 0.418 e. The number of halogens is 6. The Morgan fingerprint density at radius 2 is 1.53 bits per heavy atom. The van der Waals surface area contributed by atoms with Crippen LogP contribution >= 0.6 is 0 Å². The maximum absolute atomic E-state index is 13.1. The van der Waals surface area contributed by atoms with Crippen LogP contribution in [0.5, 0.6) is 0 Å². The van der Waals surface area contributed by atoms with Crippen LogP contribution in [-0.2, 0) is 33.2 Å². The number of rotatable bonds is 8. The number of hydrogen-bond acceptors (Lipinski definition) is 4. The summed E-state index contributed by atoms with van der Waals surface area (Å²) in [4.78, 5) is 25.5. The van der Waals surface area contributed by atoms with E-state index in [0.717, 1.165) is 24.3 Å². The number of nitrogens with zero attached hydrogens (tertiary/aromatic N) is 1. The van der Waals surface area contributed by atoms with E-state index >= 15 is 0 Å². The van der Waals surface area contributed by atoms with E-state index in [2.05, 4.69) is 5.32 Å². The summed E-state index contributed by atoms with van der Waals surface area (Å²) >= 11 is 0. The average molecular weight is 462 g/mol. The van der Waals surface area contributed by atoms with E-state index in [1.54, 1.807) is 6.92 Å². The fourth-order valence-corrected chi connectivity index (χ4v) is 2.85.